The van der Waals surface area contributed by atoms with Crippen LogP contribution in [0.15, 0.2) is 97.3 Å². The third-order valence-corrected chi connectivity index (χ3v) is 8.01. The second kappa shape index (κ2) is 10.9. The lowest BCUT2D eigenvalue weighted by Crippen LogP contribution is -2.04. The van der Waals surface area contributed by atoms with E-state index in [2.05, 4.69) is 0 Å². The fourth-order valence-corrected chi connectivity index (χ4v) is 5.28. The minimum absolute atomic E-state index is 0.0622. The van der Waals surface area contributed by atoms with Crippen LogP contribution < -0.4 is 0 Å². The van der Waals surface area contributed by atoms with E-state index in [1.54, 1.807) is 47.7 Å². The average molecular weight is 595 g/mol. The van der Waals surface area contributed by atoms with Crippen LogP contribution in [0.25, 0.3) is 33.9 Å². The topological polar surface area (TPSA) is 93.2 Å². The number of nitrogens with zero attached hydrogens (tertiary/aromatic N) is 4. The van der Waals surface area contributed by atoms with Gasteiger partial charge < -0.3 is 10.2 Å². The molecule has 0 bridgehead atoms. The number of hydrogen-bond acceptors (Lipinski definition) is 5. The molecule has 7 nitrogen and oxygen atoms in total. The maximum Gasteiger partial charge on any atom is 0.200 e. The molecule has 208 valence electrons. The maximum absolute atomic E-state index is 14.6. The highest BCUT2D eigenvalue weighted by Crippen LogP contribution is 2.41. The Hall–Kier alpha value is -4.85. The van der Waals surface area contributed by atoms with E-state index in [4.69, 9.17) is 33.4 Å². The molecule has 4 aromatic carbocycles. The Bertz CT molecular complexity index is 1820. The fraction of sp³-hybridized carbons (Fsp3) is 0.0606. The summed E-state index contributed by atoms with van der Waals surface area (Å²) < 4.78 is 3.18. The van der Waals surface area contributed by atoms with Crippen LogP contribution in [-0.4, -0.2) is 35.6 Å². The predicted molar refractivity (Wildman–Crippen MR) is 164 cm³/mol. The van der Waals surface area contributed by atoms with Gasteiger partial charge in [0.05, 0.1) is 22.5 Å². The van der Waals surface area contributed by atoms with Crippen LogP contribution in [0, 0.1) is 13.8 Å². The normalized spacial score (nSPS) is 11.1. The van der Waals surface area contributed by atoms with Crippen molar-refractivity contribution in [1.29, 1.82) is 0 Å². The van der Waals surface area contributed by atoms with Crippen LogP contribution in [0.3, 0.4) is 0 Å². The van der Waals surface area contributed by atoms with Gasteiger partial charge >= 0.3 is 0 Å². The largest absolute Gasteiger partial charge is 0.507 e. The second-order valence-corrected chi connectivity index (χ2v) is 10.6. The molecule has 0 fully saturated rings. The monoisotopic (exact) mass is 594 g/mol. The number of hydrogen-bond donors (Lipinski definition) is 2. The molecule has 6 aromatic rings. The molecule has 0 saturated carbocycles. The molecule has 2 aromatic heterocycles. The van der Waals surface area contributed by atoms with Gasteiger partial charge in [-0.25, -0.2) is 9.36 Å². The first-order chi connectivity index (χ1) is 20.2. The highest BCUT2D eigenvalue weighted by Gasteiger charge is 2.29. The van der Waals surface area contributed by atoms with Crippen LogP contribution in [0.5, 0.6) is 11.5 Å². The van der Waals surface area contributed by atoms with Gasteiger partial charge in [-0.1, -0.05) is 59.6 Å². The van der Waals surface area contributed by atoms with Gasteiger partial charge in [-0.05, 0) is 73.5 Å². The zero-order chi connectivity index (χ0) is 29.5. The number of ketones is 1. The first-order valence-electron chi connectivity index (χ1n) is 13.1. The molecule has 0 amide bonds. The number of phenols is 2. The lowest BCUT2D eigenvalue weighted by atomic mass is 9.94. The Balaban J connectivity index is 1.62. The number of phenolic OH excluding ortho intramolecular Hbond substituents is 2. The molecule has 2 heterocycles. The molecule has 6 rings (SSSR count). The van der Waals surface area contributed by atoms with E-state index in [0.717, 1.165) is 11.4 Å². The van der Waals surface area contributed by atoms with Crippen molar-refractivity contribution in [2.45, 2.75) is 13.8 Å². The molecule has 42 heavy (non-hydrogen) atoms. The molecular weight excluding hydrogens is 571 g/mol. The summed E-state index contributed by atoms with van der Waals surface area (Å²) in [7, 11) is 0. The highest BCUT2D eigenvalue weighted by molar-refractivity contribution is 6.32. The smallest absolute Gasteiger partial charge is 0.200 e. The van der Waals surface area contributed by atoms with E-state index < -0.39 is 5.78 Å². The lowest BCUT2D eigenvalue weighted by molar-refractivity contribution is 0.104. The van der Waals surface area contributed by atoms with Gasteiger partial charge in [-0.3, -0.25) is 4.79 Å². The van der Waals surface area contributed by atoms with Crippen LogP contribution >= 0.6 is 23.2 Å². The molecule has 0 aliphatic carbocycles. The van der Waals surface area contributed by atoms with Crippen molar-refractivity contribution >= 4 is 29.0 Å². The van der Waals surface area contributed by atoms with Crippen molar-refractivity contribution in [2.24, 2.45) is 0 Å². The van der Waals surface area contributed by atoms with E-state index in [9.17, 15) is 15.0 Å². The van der Waals surface area contributed by atoms with Gasteiger partial charge in [0.1, 0.15) is 22.9 Å². The van der Waals surface area contributed by atoms with Gasteiger partial charge in [0.2, 0.25) is 5.78 Å². The van der Waals surface area contributed by atoms with Gasteiger partial charge in [0, 0.05) is 33.6 Å². The number of carbonyl (C=O) groups excluding carboxylic acids is 1. The van der Waals surface area contributed by atoms with Crippen molar-refractivity contribution in [3.63, 3.8) is 0 Å². The highest BCUT2D eigenvalue weighted by atomic mass is 35.5. The summed E-state index contributed by atoms with van der Waals surface area (Å²) in [6.07, 6.45) is 3.25. The van der Waals surface area contributed by atoms with Crippen molar-refractivity contribution in [3.8, 4) is 45.4 Å². The Labute approximate surface area is 251 Å². The molecule has 0 spiro atoms. The molecule has 0 atom stereocenters. The molecule has 9 heteroatoms. The van der Waals surface area contributed by atoms with Gasteiger partial charge in [0.15, 0.2) is 0 Å². The SMILES string of the molecule is Cc1c(Cl)ccc(O)c1-c1nn(-c2ccccc2)cc1C(=O)c1cn(-c2ccccc2)nc1-c1c(O)ccc(Cl)c1C. The second-order valence-electron chi connectivity index (χ2n) is 9.81. The summed E-state index contributed by atoms with van der Waals surface area (Å²) in [5.41, 5.74) is 4.23. The Morgan fingerprint density at radius 1 is 0.619 bits per heavy atom. The Morgan fingerprint density at radius 3 is 1.38 bits per heavy atom. The van der Waals surface area contributed by atoms with Crippen LogP contribution in [0.1, 0.15) is 27.0 Å². The molecule has 0 saturated heterocycles. The first kappa shape index (κ1) is 27.3. The summed E-state index contributed by atoms with van der Waals surface area (Å²) in [4.78, 5) is 14.6. The summed E-state index contributed by atoms with van der Waals surface area (Å²) >= 11 is 12.9. The average Bonchev–Trinajstić information content (AvgIpc) is 3.64. The Morgan fingerprint density at radius 2 is 1.00 bits per heavy atom. The molecule has 0 unspecified atom stereocenters. The van der Waals surface area contributed by atoms with Crippen molar-refractivity contribution in [2.75, 3.05) is 0 Å². The molecule has 0 radical (unpaired) electrons. The summed E-state index contributed by atoms with van der Waals surface area (Å²) in [6.45, 7) is 3.53. The van der Waals surface area contributed by atoms with Crippen molar-refractivity contribution in [3.05, 3.63) is 130 Å². The molecular formula is C33H24Cl2N4O3. The lowest BCUT2D eigenvalue weighted by Gasteiger charge is -2.11. The summed E-state index contributed by atoms with van der Waals surface area (Å²) in [5, 5.41) is 32.2. The minimum atomic E-state index is -0.415. The molecule has 0 aliphatic heterocycles. The Kier molecular flexibility index (Phi) is 7.06. The summed E-state index contributed by atoms with van der Waals surface area (Å²) in [6, 6.07) is 24.8. The molecule has 0 aliphatic rings. The number of rotatable bonds is 6. The van der Waals surface area contributed by atoms with Crippen molar-refractivity contribution < 1.29 is 15.0 Å². The summed E-state index contributed by atoms with van der Waals surface area (Å²) in [5.74, 6) is -0.539. The van der Waals surface area contributed by atoms with E-state index in [-0.39, 0.29) is 34.0 Å². The zero-order valence-electron chi connectivity index (χ0n) is 22.6. The van der Waals surface area contributed by atoms with Crippen LogP contribution in [-0.2, 0) is 0 Å². The number of carbonyl (C=O) groups is 1. The number of benzene rings is 4. The van der Waals surface area contributed by atoms with Crippen LogP contribution in [0.2, 0.25) is 10.0 Å². The molecule has 2 N–H and O–H groups in total. The third kappa shape index (κ3) is 4.72. The van der Waals surface area contributed by atoms with E-state index in [1.807, 2.05) is 60.7 Å². The van der Waals surface area contributed by atoms with E-state index in [0.29, 0.717) is 32.3 Å². The maximum atomic E-state index is 14.6. The van der Waals surface area contributed by atoms with E-state index >= 15 is 0 Å². The minimum Gasteiger partial charge on any atom is -0.507 e. The zero-order valence-corrected chi connectivity index (χ0v) is 24.1. The number of halogens is 2. The predicted octanol–water partition coefficient (Wildman–Crippen LogP) is 7.96. The first-order valence-corrected chi connectivity index (χ1v) is 13.8. The fourth-order valence-electron chi connectivity index (χ4n) is 4.96. The number of para-hydroxylation sites is 2. The van der Waals surface area contributed by atoms with Crippen LogP contribution in [0.4, 0.5) is 0 Å². The third-order valence-electron chi connectivity index (χ3n) is 7.19. The number of aromatic nitrogens is 4. The van der Waals surface area contributed by atoms with Gasteiger partial charge in [-0.15, -0.1) is 0 Å². The standard InChI is InChI=1S/C33H24Cl2N4O3/c1-19-25(34)13-15-27(40)29(19)31-23(17-38(36-31)21-9-5-3-6-10-21)33(42)24-18-39(22-11-7-4-8-12-22)37-32(24)30-20(2)26(35)14-16-28(30)41/h3-18,40-41H,1-2H3. The quantitative estimate of drug-likeness (QED) is 0.191. The number of aromatic hydroxyl groups is 2. The van der Waals surface area contributed by atoms with Gasteiger partial charge in [0.25, 0.3) is 0 Å². The van der Waals surface area contributed by atoms with E-state index in [1.165, 1.54) is 12.1 Å². The van der Waals surface area contributed by atoms with Crippen molar-refractivity contribution in [1.82, 2.24) is 19.6 Å². The van der Waals surface area contributed by atoms with Gasteiger partial charge in [-0.2, -0.15) is 10.2 Å².